The van der Waals surface area contributed by atoms with Gasteiger partial charge >= 0.3 is 0 Å². The number of anilines is 1. The maximum absolute atomic E-state index is 13.0. The van der Waals surface area contributed by atoms with Gasteiger partial charge in [-0.2, -0.15) is 0 Å². The standard InChI is InChI=1S/C27H25N5O/c1-32(2)19-13-11-18(12-14-19)21(22-16-28-23-8-4-3-7-20(22)23)15-30-27(33)26-17-29-24-9-5-6-10-25(24)31-26/h3-14,16-17,21,28H,15H2,1-2H3,(H,30,33). The molecule has 0 bridgehead atoms. The van der Waals surface area contributed by atoms with Crippen LogP contribution in [0.25, 0.3) is 21.9 Å². The van der Waals surface area contributed by atoms with Gasteiger partial charge in [-0.05, 0) is 41.5 Å². The second-order valence-electron chi connectivity index (χ2n) is 8.28. The summed E-state index contributed by atoms with van der Waals surface area (Å²) in [6, 6.07) is 24.2. The minimum Gasteiger partial charge on any atom is -0.378 e. The van der Waals surface area contributed by atoms with E-state index in [1.165, 1.54) is 6.20 Å². The Balaban J connectivity index is 1.45. The molecule has 6 nitrogen and oxygen atoms in total. The lowest BCUT2D eigenvalue weighted by molar-refractivity contribution is 0.0947. The number of rotatable bonds is 6. The Bertz CT molecular complexity index is 1420. The number of nitrogens with one attached hydrogen (secondary N) is 2. The van der Waals surface area contributed by atoms with Crippen LogP contribution < -0.4 is 10.2 Å². The molecule has 2 heterocycles. The van der Waals surface area contributed by atoms with Gasteiger partial charge in [0.1, 0.15) is 5.69 Å². The maximum Gasteiger partial charge on any atom is 0.271 e. The predicted octanol–water partition coefficient (Wildman–Crippen LogP) is 4.74. The molecule has 164 valence electrons. The van der Waals surface area contributed by atoms with Gasteiger partial charge in [-0.3, -0.25) is 9.78 Å². The number of benzene rings is 3. The molecule has 2 aromatic heterocycles. The molecule has 2 N–H and O–H groups in total. The highest BCUT2D eigenvalue weighted by Crippen LogP contribution is 2.31. The van der Waals surface area contributed by atoms with Gasteiger partial charge in [-0.1, -0.05) is 42.5 Å². The number of nitrogens with zero attached hydrogens (tertiary/aromatic N) is 3. The SMILES string of the molecule is CN(C)c1ccc(C(CNC(=O)c2cnc3ccccc3n2)c2c[nH]c3ccccc23)cc1. The van der Waals surface area contributed by atoms with Gasteiger partial charge in [0.15, 0.2) is 0 Å². The summed E-state index contributed by atoms with van der Waals surface area (Å²) in [6.45, 7) is 0.441. The number of amides is 1. The van der Waals surface area contributed by atoms with Gasteiger partial charge in [-0.15, -0.1) is 0 Å². The van der Waals surface area contributed by atoms with Crippen molar-refractivity contribution in [1.29, 1.82) is 0 Å². The summed E-state index contributed by atoms with van der Waals surface area (Å²) in [4.78, 5) is 27.3. The first-order valence-electron chi connectivity index (χ1n) is 10.9. The van der Waals surface area contributed by atoms with Crippen molar-refractivity contribution in [2.24, 2.45) is 0 Å². The lowest BCUT2D eigenvalue weighted by Crippen LogP contribution is -2.29. The van der Waals surface area contributed by atoms with E-state index in [1.54, 1.807) is 0 Å². The van der Waals surface area contributed by atoms with Crippen molar-refractivity contribution >= 4 is 33.5 Å². The fraction of sp³-hybridized carbons (Fsp3) is 0.148. The fourth-order valence-corrected chi connectivity index (χ4v) is 4.15. The number of hydrogen-bond donors (Lipinski definition) is 2. The van der Waals surface area contributed by atoms with E-state index >= 15 is 0 Å². The van der Waals surface area contributed by atoms with Crippen molar-refractivity contribution in [3.63, 3.8) is 0 Å². The fourth-order valence-electron chi connectivity index (χ4n) is 4.15. The van der Waals surface area contributed by atoms with Crippen LogP contribution >= 0.6 is 0 Å². The molecule has 0 aliphatic carbocycles. The maximum atomic E-state index is 13.0. The summed E-state index contributed by atoms with van der Waals surface area (Å²) in [5.41, 5.74) is 6.28. The van der Waals surface area contributed by atoms with Gasteiger partial charge in [-0.25, -0.2) is 4.98 Å². The highest BCUT2D eigenvalue weighted by Gasteiger charge is 2.20. The zero-order valence-electron chi connectivity index (χ0n) is 18.6. The lowest BCUT2D eigenvalue weighted by atomic mass is 9.90. The topological polar surface area (TPSA) is 73.9 Å². The number of aromatic nitrogens is 3. The number of aromatic amines is 1. The largest absolute Gasteiger partial charge is 0.378 e. The van der Waals surface area contributed by atoms with E-state index in [1.807, 2.05) is 56.7 Å². The number of fused-ring (bicyclic) bond motifs is 2. The zero-order chi connectivity index (χ0) is 22.8. The van der Waals surface area contributed by atoms with Crippen molar-refractivity contribution in [3.8, 4) is 0 Å². The van der Waals surface area contributed by atoms with Gasteiger partial charge in [0, 0.05) is 49.3 Å². The molecule has 5 rings (SSSR count). The molecule has 1 unspecified atom stereocenters. The van der Waals surface area contributed by atoms with E-state index < -0.39 is 0 Å². The van der Waals surface area contributed by atoms with Crippen LogP contribution in [-0.4, -0.2) is 41.5 Å². The molecule has 0 fully saturated rings. The third-order valence-electron chi connectivity index (χ3n) is 5.96. The average Bonchev–Trinajstić information content (AvgIpc) is 3.28. The van der Waals surface area contributed by atoms with Crippen LogP contribution in [0.1, 0.15) is 27.5 Å². The molecule has 0 saturated heterocycles. The van der Waals surface area contributed by atoms with Crippen molar-refractivity contribution in [2.75, 3.05) is 25.5 Å². The van der Waals surface area contributed by atoms with Crippen molar-refractivity contribution < 1.29 is 4.79 Å². The first kappa shape index (κ1) is 20.7. The molecule has 0 radical (unpaired) electrons. The number of carbonyl (C=O) groups excluding carboxylic acids is 1. The van der Waals surface area contributed by atoms with E-state index in [2.05, 4.69) is 61.6 Å². The van der Waals surface area contributed by atoms with Crippen LogP contribution in [0.15, 0.2) is 85.2 Å². The molecule has 1 atom stereocenters. The molecular weight excluding hydrogens is 410 g/mol. The first-order chi connectivity index (χ1) is 16.1. The molecule has 6 heteroatoms. The van der Waals surface area contributed by atoms with Gasteiger partial charge < -0.3 is 15.2 Å². The summed E-state index contributed by atoms with van der Waals surface area (Å²) >= 11 is 0. The molecule has 1 amide bonds. The number of para-hydroxylation sites is 3. The van der Waals surface area contributed by atoms with Gasteiger partial charge in [0.2, 0.25) is 0 Å². The summed E-state index contributed by atoms with van der Waals surface area (Å²) in [5.74, 6) is -0.252. The van der Waals surface area contributed by atoms with Crippen LogP contribution in [0.4, 0.5) is 5.69 Å². The van der Waals surface area contributed by atoms with E-state index in [4.69, 9.17) is 0 Å². The average molecular weight is 436 g/mol. The zero-order valence-corrected chi connectivity index (χ0v) is 18.6. The highest BCUT2D eigenvalue weighted by molar-refractivity contribution is 5.94. The lowest BCUT2D eigenvalue weighted by Gasteiger charge is -2.20. The Hall–Kier alpha value is -4.19. The normalized spacial score (nSPS) is 12.1. The predicted molar refractivity (Wildman–Crippen MR) is 133 cm³/mol. The van der Waals surface area contributed by atoms with Crippen molar-refractivity contribution in [2.45, 2.75) is 5.92 Å². The summed E-state index contributed by atoms with van der Waals surface area (Å²) in [7, 11) is 4.05. The number of H-pyrrole nitrogens is 1. The molecule has 33 heavy (non-hydrogen) atoms. The van der Waals surface area contributed by atoms with Crippen LogP contribution in [0.5, 0.6) is 0 Å². The van der Waals surface area contributed by atoms with Crippen LogP contribution in [-0.2, 0) is 0 Å². The summed E-state index contributed by atoms with van der Waals surface area (Å²) in [6.07, 6.45) is 3.57. The molecule has 0 saturated carbocycles. The van der Waals surface area contributed by atoms with Crippen molar-refractivity contribution in [3.05, 3.63) is 102 Å². The molecule has 0 aliphatic rings. The van der Waals surface area contributed by atoms with Gasteiger partial charge in [0.05, 0.1) is 17.2 Å². The smallest absolute Gasteiger partial charge is 0.271 e. The third-order valence-corrected chi connectivity index (χ3v) is 5.96. The monoisotopic (exact) mass is 435 g/mol. The van der Waals surface area contributed by atoms with Crippen LogP contribution in [0.2, 0.25) is 0 Å². The molecular formula is C27H25N5O. The highest BCUT2D eigenvalue weighted by atomic mass is 16.1. The quantitative estimate of drug-likeness (QED) is 0.404. The molecule has 0 spiro atoms. The Morgan fingerprint density at radius 3 is 2.48 bits per heavy atom. The molecule has 3 aromatic carbocycles. The summed E-state index contributed by atoms with van der Waals surface area (Å²) in [5, 5.41) is 4.24. The Morgan fingerprint density at radius 1 is 0.970 bits per heavy atom. The first-order valence-corrected chi connectivity index (χ1v) is 10.9. The minimum atomic E-state index is -0.233. The van der Waals surface area contributed by atoms with Crippen molar-refractivity contribution in [1.82, 2.24) is 20.3 Å². The number of hydrogen-bond acceptors (Lipinski definition) is 4. The van der Waals surface area contributed by atoms with E-state index in [0.717, 1.165) is 33.2 Å². The van der Waals surface area contributed by atoms with Crippen LogP contribution in [0.3, 0.4) is 0 Å². The van der Waals surface area contributed by atoms with E-state index in [-0.39, 0.29) is 11.8 Å². The summed E-state index contributed by atoms with van der Waals surface area (Å²) < 4.78 is 0. The Labute approximate surface area is 192 Å². The van der Waals surface area contributed by atoms with Gasteiger partial charge in [0.25, 0.3) is 5.91 Å². The molecule has 0 aliphatic heterocycles. The van der Waals surface area contributed by atoms with E-state index in [9.17, 15) is 4.79 Å². The van der Waals surface area contributed by atoms with E-state index in [0.29, 0.717) is 17.8 Å². The second kappa shape index (κ2) is 8.74. The van der Waals surface area contributed by atoms with Crippen LogP contribution in [0, 0.1) is 0 Å². The second-order valence-corrected chi connectivity index (χ2v) is 8.28. The Kier molecular flexibility index (Phi) is 5.48. The third kappa shape index (κ3) is 4.15. The molecule has 5 aromatic rings. The number of carbonyl (C=O) groups is 1. The minimum absolute atomic E-state index is 0.0188. The Morgan fingerprint density at radius 2 is 1.70 bits per heavy atom.